The topological polar surface area (TPSA) is 84.9 Å². The Morgan fingerprint density at radius 2 is 1.70 bits per heavy atom. The SMILES string of the molecule is COc1ccccc1C(C)(C)NC(=O)c1cc(C)c(OCC(=O)O)c(C)c1. The van der Waals surface area contributed by atoms with Crippen LogP contribution < -0.4 is 14.8 Å². The van der Waals surface area contributed by atoms with Gasteiger partial charge in [-0.1, -0.05) is 18.2 Å². The smallest absolute Gasteiger partial charge is 0.341 e. The van der Waals surface area contributed by atoms with Gasteiger partial charge in [-0.15, -0.1) is 0 Å². The van der Waals surface area contributed by atoms with Crippen LogP contribution in [-0.4, -0.2) is 30.7 Å². The van der Waals surface area contributed by atoms with Crippen molar-refractivity contribution < 1.29 is 24.2 Å². The number of carbonyl (C=O) groups is 2. The van der Waals surface area contributed by atoms with Crippen molar-refractivity contribution in [3.63, 3.8) is 0 Å². The maximum Gasteiger partial charge on any atom is 0.341 e. The number of aliphatic carboxylic acids is 1. The lowest BCUT2D eigenvalue weighted by Gasteiger charge is -2.28. The van der Waals surface area contributed by atoms with Crippen molar-refractivity contribution in [2.24, 2.45) is 0 Å². The van der Waals surface area contributed by atoms with E-state index in [4.69, 9.17) is 14.6 Å². The van der Waals surface area contributed by atoms with Gasteiger partial charge in [-0.2, -0.15) is 0 Å². The van der Waals surface area contributed by atoms with Crippen molar-refractivity contribution in [2.45, 2.75) is 33.2 Å². The number of para-hydroxylation sites is 1. The number of rotatable bonds is 7. The zero-order chi connectivity index (χ0) is 20.2. The zero-order valence-corrected chi connectivity index (χ0v) is 16.3. The lowest BCUT2D eigenvalue weighted by atomic mass is 9.92. The molecular formula is C21H25NO5. The monoisotopic (exact) mass is 371 g/mol. The van der Waals surface area contributed by atoms with Crippen LogP contribution in [-0.2, 0) is 10.3 Å². The number of carboxylic acid groups (broad SMARTS) is 1. The summed E-state index contributed by atoms with van der Waals surface area (Å²) in [5.41, 5.74) is 2.11. The molecule has 0 aliphatic heterocycles. The van der Waals surface area contributed by atoms with Gasteiger partial charge in [0.05, 0.1) is 12.6 Å². The molecule has 2 aromatic carbocycles. The number of nitrogens with one attached hydrogen (secondary N) is 1. The van der Waals surface area contributed by atoms with E-state index in [0.29, 0.717) is 28.2 Å². The quantitative estimate of drug-likeness (QED) is 0.779. The zero-order valence-electron chi connectivity index (χ0n) is 16.3. The molecule has 6 nitrogen and oxygen atoms in total. The van der Waals surface area contributed by atoms with E-state index in [2.05, 4.69) is 5.32 Å². The van der Waals surface area contributed by atoms with E-state index in [1.165, 1.54) is 0 Å². The van der Waals surface area contributed by atoms with Crippen LogP contribution in [0, 0.1) is 13.8 Å². The minimum atomic E-state index is -1.05. The molecule has 0 bridgehead atoms. The summed E-state index contributed by atoms with van der Waals surface area (Å²) in [6.45, 7) is 6.96. The van der Waals surface area contributed by atoms with Crippen LogP contribution >= 0.6 is 0 Å². The Morgan fingerprint density at radius 1 is 1.11 bits per heavy atom. The molecule has 0 aromatic heterocycles. The molecule has 0 radical (unpaired) electrons. The molecule has 2 N–H and O–H groups in total. The second-order valence-corrected chi connectivity index (χ2v) is 6.90. The normalized spacial score (nSPS) is 11.0. The summed E-state index contributed by atoms with van der Waals surface area (Å²) in [5.74, 6) is -0.0958. The highest BCUT2D eigenvalue weighted by atomic mass is 16.5. The van der Waals surface area contributed by atoms with E-state index < -0.39 is 18.1 Å². The highest BCUT2D eigenvalue weighted by Crippen LogP contribution is 2.30. The van der Waals surface area contributed by atoms with E-state index in [9.17, 15) is 9.59 Å². The molecule has 0 spiro atoms. The molecule has 0 heterocycles. The third-order valence-corrected chi connectivity index (χ3v) is 4.27. The van der Waals surface area contributed by atoms with Crippen molar-refractivity contribution in [3.8, 4) is 11.5 Å². The molecule has 6 heteroatoms. The fourth-order valence-corrected chi connectivity index (χ4v) is 3.03. The van der Waals surface area contributed by atoms with Gasteiger partial charge in [0, 0.05) is 11.1 Å². The first kappa shape index (κ1) is 20.3. The average molecular weight is 371 g/mol. The molecule has 0 unspecified atom stereocenters. The van der Waals surface area contributed by atoms with Crippen LogP contribution in [0.25, 0.3) is 0 Å². The third kappa shape index (κ3) is 4.78. The maximum atomic E-state index is 12.8. The van der Waals surface area contributed by atoms with Gasteiger partial charge in [-0.3, -0.25) is 4.79 Å². The van der Waals surface area contributed by atoms with Gasteiger partial charge in [-0.05, 0) is 57.0 Å². The van der Waals surface area contributed by atoms with Crippen molar-refractivity contribution >= 4 is 11.9 Å². The number of amides is 1. The lowest BCUT2D eigenvalue weighted by molar-refractivity contribution is -0.139. The van der Waals surface area contributed by atoms with Crippen LogP contribution in [0.3, 0.4) is 0 Å². The largest absolute Gasteiger partial charge is 0.496 e. The fourth-order valence-electron chi connectivity index (χ4n) is 3.03. The highest BCUT2D eigenvalue weighted by molar-refractivity contribution is 5.95. The van der Waals surface area contributed by atoms with Crippen molar-refractivity contribution in [1.82, 2.24) is 5.32 Å². The average Bonchev–Trinajstić information content (AvgIpc) is 2.60. The summed E-state index contributed by atoms with van der Waals surface area (Å²) in [4.78, 5) is 23.5. The van der Waals surface area contributed by atoms with Crippen LogP contribution in [0.4, 0.5) is 0 Å². The lowest BCUT2D eigenvalue weighted by Crippen LogP contribution is -2.41. The number of hydrogen-bond donors (Lipinski definition) is 2. The van der Waals surface area contributed by atoms with Crippen LogP contribution in [0.1, 0.15) is 40.9 Å². The van der Waals surface area contributed by atoms with Gasteiger partial charge in [0.1, 0.15) is 11.5 Å². The number of carboxylic acids is 1. The highest BCUT2D eigenvalue weighted by Gasteiger charge is 2.27. The molecule has 0 fully saturated rings. The predicted octanol–water partition coefficient (Wildman–Crippen LogP) is 3.44. The second-order valence-electron chi connectivity index (χ2n) is 6.90. The first-order valence-electron chi connectivity index (χ1n) is 8.57. The number of benzene rings is 2. The van der Waals surface area contributed by atoms with Gasteiger partial charge in [0.15, 0.2) is 6.61 Å². The molecular weight excluding hydrogens is 346 g/mol. The molecule has 0 atom stereocenters. The summed E-state index contributed by atoms with van der Waals surface area (Å²) in [7, 11) is 1.60. The van der Waals surface area contributed by atoms with Crippen molar-refractivity contribution in [2.75, 3.05) is 13.7 Å². The first-order chi connectivity index (χ1) is 12.7. The van der Waals surface area contributed by atoms with Gasteiger partial charge in [-0.25, -0.2) is 4.79 Å². The maximum absolute atomic E-state index is 12.8. The van der Waals surface area contributed by atoms with E-state index in [1.807, 2.05) is 38.1 Å². The van der Waals surface area contributed by atoms with Crippen LogP contribution in [0.15, 0.2) is 36.4 Å². The summed E-state index contributed by atoms with van der Waals surface area (Å²) >= 11 is 0. The molecule has 0 aliphatic rings. The first-order valence-corrected chi connectivity index (χ1v) is 8.57. The summed E-state index contributed by atoms with van der Waals surface area (Å²) in [6, 6.07) is 10.9. The molecule has 0 saturated heterocycles. The fraction of sp³-hybridized carbons (Fsp3) is 0.333. The van der Waals surface area contributed by atoms with Gasteiger partial charge >= 0.3 is 5.97 Å². The summed E-state index contributed by atoms with van der Waals surface area (Å²) in [5, 5.41) is 11.8. The minimum absolute atomic E-state index is 0.234. The Morgan fingerprint density at radius 3 is 2.26 bits per heavy atom. The number of aryl methyl sites for hydroxylation is 2. The predicted molar refractivity (Wildman–Crippen MR) is 103 cm³/mol. The molecule has 0 aliphatic carbocycles. The number of carbonyl (C=O) groups excluding carboxylic acids is 1. The molecule has 2 rings (SSSR count). The van der Waals surface area contributed by atoms with E-state index >= 15 is 0 Å². The molecule has 27 heavy (non-hydrogen) atoms. The van der Waals surface area contributed by atoms with E-state index in [-0.39, 0.29) is 5.91 Å². The molecule has 144 valence electrons. The summed E-state index contributed by atoms with van der Waals surface area (Å²) in [6.07, 6.45) is 0. The Hall–Kier alpha value is -3.02. The molecule has 1 amide bonds. The minimum Gasteiger partial charge on any atom is -0.496 e. The number of ether oxygens (including phenoxy) is 2. The molecule has 2 aromatic rings. The van der Waals surface area contributed by atoms with Gasteiger partial charge in [0.2, 0.25) is 0 Å². The van der Waals surface area contributed by atoms with Gasteiger partial charge in [0.25, 0.3) is 5.91 Å². The van der Waals surface area contributed by atoms with E-state index in [0.717, 1.165) is 5.56 Å². The van der Waals surface area contributed by atoms with Crippen LogP contribution in [0.2, 0.25) is 0 Å². The Bertz CT molecular complexity index is 834. The second kappa shape index (κ2) is 8.12. The van der Waals surface area contributed by atoms with Crippen molar-refractivity contribution in [3.05, 3.63) is 58.7 Å². The van der Waals surface area contributed by atoms with Gasteiger partial charge < -0.3 is 19.9 Å². The molecule has 0 saturated carbocycles. The number of hydrogen-bond acceptors (Lipinski definition) is 4. The summed E-state index contributed by atoms with van der Waals surface area (Å²) < 4.78 is 10.7. The van der Waals surface area contributed by atoms with E-state index in [1.54, 1.807) is 33.1 Å². The standard InChI is InChI=1S/C21H25NO5/c1-13-10-15(11-14(2)19(13)27-12-18(23)24)20(25)22-21(3,4)16-8-6-7-9-17(16)26-5/h6-11H,12H2,1-5H3,(H,22,25)(H,23,24). The Balaban J connectivity index is 2.26. The third-order valence-electron chi connectivity index (χ3n) is 4.27. The number of methoxy groups -OCH3 is 1. The van der Waals surface area contributed by atoms with Crippen molar-refractivity contribution in [1.29, 1.82) is 0 Å². The van der Waals surface area contributed by atoms with Crippen LogP contribution in [0.5, 0.6) is 11.5 Å². The Kier molecular flexibility index (Phi) is 6.10. The Labute approximate surface area is 159 Å².